The van der Waals surface area contributed by atoms with Gasteiger partial charge in [0.15, 0.2) is 0 Å². The van der Waals surface area contributed by atoms with E-state index in [2.05, 4.69) is 27.9 Å². The predicted molar refractivity (Wildman–Crippen MR) is 115 cm³/mol. The summed E-state index contributed by atoms with van der Waals surface area (Å²) in [7, 11) is 0. The lowest BCUT2D eigenvalue weighted by Crippen LogP contribution is -2.14. The molecule has 2 heterocycles. The van der Waals surface area contributed by atoms with Gasteiger partial charge in [-0.25, -0.2) is 0 Å². The van der Waals surface area contributed by atoms with Crippen LogP contribution in [-0.2, 0) is 11.2 Å². The maximum atomic E-state index is 12.6. The first kappa shape index (κ1) is 18.7. The zero-order valence-corrected chi connectivity index (χ0v) is 16.3. The van der Waals surface area contributed by atoms with Crippen molar-refractivity contribution in [2.45, 2.75) is 19.8 Å². The van der Waals surface area contributed by atoms with Crippen LogP contribution in [0.15, 0.2) is 77.5 Å². The van der Waals surface area contributed by atoms with Crippen LogP contribution in [0.1, 0.15) is 23.1 Å². The van der Waals surface area contributed by atoms with Crippen LogP contribution in [0.3, 0.4) is 0 Å². The summed E-state index contributed by atoms with van der Waals surface area (Å²) in [5.74, 6) is 0.290. The van der Waals surface area contributed by atoms with Crippen LogP contribution >= 0.6 is 0 Å². The van der Waals surface area contributed by atoms with Crippen molar-refractivity contribution >= 4 is 17.4 Å². The van der Waals surface area contributed by atoms with Gasteiger partial charge >= 0.3 is 0 Å². The lowest BCUT2D eigenvalue weighted by atomic mass is 9.98. The monoisotopic (exact) mass is 385 g/mol. The molecule has 0 saturated heterocycles. The van der Waals surface area contributed by atoms with E-state index in [0.717, 1.165) is 33.5 Å². The van der Waals surface area contributed by atoms with E-state index in [4.69, 9.17) is 4.52 Å². The van der Waals surface area contributed by atoms with E-state index in [0.29, 0.717) is 25.3 Å². The van der Waals surface area contributed by atoms with Gasteiger partial charge in [-0.2, -0.15) is 0 Å². The number of nitrogens with zero attached hydrogens (tertiary/aromatic N) is 1. The molecule has 29 heavy (non-hydrogen) atoms. The van der Waals surface area contributed by atoms with Gasteiger partial charge in [-0.15, -0.1) is 0 Å². The Balaban J connectivity index is 1.60. The van der Waals surface area contributed by atoms with Gasteiger partial charge < -0.3 is 9.84 Å². The predicted octanol–water partition coefficient (Wildman–Crippen LogP) is 4.72. The van der Waals surface area contributed by atoms with Gasteiger partial charge in [-0.05, 0) is 42.8 Å². The van der Waals surface area contributed by atoms with Crippen molar-refractivity contribution in [1.29, 1.82) is 0 Å². The average Bonchev–Trinajstić information content (AvgIpc) is 3.17. The molecule has 0 unspecified atom stereocenters. The molecule has 2 aromatic carbocycles. The van der Waals surface area contributed by atoms with Crippen molar-refractivity contribution in [2.75, 3.05) is 11.9 Å². The minimum atomic E-state index is -0.0967. The molecule has 0 bridgehead atoms. The molecule has 0 saturated carbocycles. The van der Waals surface area contributed by atoms with Gasteiger partial charge in [0, 0.05) is 18.5 Å². The van der Waals surface area contributed by atoms with Gasteiger partial charge in [0.1, 0.15) is 5.69 Å². The Morgan fingerprint density at radius 2 is 2.03 bits per heavy atom. The van der Waals surface area contributed by atoms with Crippen LogP contribution in [0, 0.1) is 6.92 Å². The molecule has 5 heteroatoms. The Labute approximate surface area is 170 Å². The minimum Gasteiger partial charge on any atom is -0.387 e. The van der Waals surface area contributed by atoms with E-state index < -0.39 is 0 Å². The maximum Gasteiger partial charge on any atom is 0.239 e. The van der Waals surface area contributed by atoms with Gasteiger partial charge in [0.05, 0.1) is 5.56 Å². The average molecular weight is 385 g/mol. The Morgan fingerprint density at radius 1 is 1.17 bits per heavy atom. The number of hydrogen-bond donors (Lipinski definition) is 2. The number of carbonyl (C=O) groups excluding carboxylic acids is 1. The molecule has 1 aromatic heterocycles. The van der Waals surface area contributed by atoms with Gasteiger partial charge in [-0.1, -0.05) is 65.3 Å². The van der Waals surface area contributed by atoms with E-state index in [-0.39, 0.29) is 5.91 Å². The van der Waals surface area contributed by atoms with E-state index in [1.54, 1.807) is 0 Å². The van der Waals surface area contributed by atoms with Crippen LogP contribution in [0.2, 0.25) is 0 Å². The molecule has 0 spiro atoms. The standard InChI is InChI=1S/C24H23N3O2/c1-17-6-5-9-20(16-17)23-22(19-12-14-25-15-13-19)24(29-27-23)26-21(28)11-10-18-7-3-2-4-8-18/h2-9,12-14,16,25H,10-11,15H2,1H3,(H,26,28). The third kappa shape index (κ3) is 4.46. The summed E-state index contributed by atoms with van der Waals surface area (Å²) in [6.45, 7) is 2.75. The molecule has 0 aliphatic carbocycles. The molecule has 0 radical (unpaired) electrons. The number of benzene rings is 2. The Kier molecular flexibility index (Phi) is 5.56. The van der Waals surface area contributed by atoms with Gasteiger partial charge in [0.2, 0.25) is 11.8 Å². The van der Waals surface area contributed by atoms with Crippen LogP contribution < -0.4 is 10.6 Å². The number of carbonyl (C=O) groups is 1. The molecule has 5 nitrogen and oxygen atoms in total. The number of aryl methyl sites for hydroxylation is 2. The summed E-state index contributed by atoms with van der Waals surface area (Å²) in [6, 6.07) is 18.1. The zero-order valence-electron chi connectivity index (χ0n) is 16.3. The maximum absolute atomic E-state index is 12.6. The number of allylic oxidation sites excluding steroid dienone is 2. The first-order valence-corrected chi connectivity index (χ1v) is 9.71. The van der Waals surface area contributed by atoms with Crippen molar-refractivity contribution < 1.29 is 9.32 Å². The normalized spacial score (nSPS) is 12.9. The number of nitrogens with one attached hydrogen (secondary N) is 2. The second-order valence-electron chi connectivity index (χ2n) is 7.04. The molecule has 1 aliphatic heterocycles. The summed E-state index contributed by atoms with van der Waals surface area (Å²) < 4.78 is 5.59. The van der Waals surface area contributed by atoms with E-state index >= 15 is 0 Å². The van der Waals surface area contributed by atoms with Crippen molar-refractivity contribution in [3.05, 3.63) is 89.6 Å². The summed E-state index contributed by atoms with van der Waals surface area (Å²) in [5, 5.41) is 10.4. The summed E-state index contributed by atoms with van der Waals surface area (Å²) in [5.41, 5.74) is 5.73. The molecule has 2 N–H and O–H groups in total. The SMILES string of the molecule is Cc1cccc(-c2noc(NC(=O)CCc3ccccc3)c2C2=CCNC=C2)c1. The van der Waals surface area contributed by atoms with Crippen molar-refractivity contribution in [2.24, 2.45) is 0 Å². The lowest BCUT2D eigenvalue weighted by Gasteiger charge is -2.11. The number of aromatic nitrogens is 1. The molecule has 4 rings (SSSR count). The molecule has 146 valence electrons. The zero-order chi connectivity index (χ0) is 20.1. The van der Waals surface area contributed by atoms with Gasteiger partial charge in [0.25, 0.3) is 0 Å². The number of anilines is 1. The fourth-order valence-electron chi connectivity index (χ4n) is 3.36. The Bertz CT molecular complexity index is 1060. The van der Waals surface area contributed by atoms with Crippen LogP contribution in [-0.4, -0.2) is 17.6 Å². The van der Waals surface area contributed by atoms with Crippen molar-refractivity contribution in [3.8, 4) is 11.3 Å². The smallest absolute Gasteiger partial charge is 0.239 e. The molecule has 1 aliphatic rings. The summed E-state index contributed by atoms with van der Waals surface area (Å²) in [4.78, 5) is 12.6. The number of dihydropyridines is 1. The number of rotatable bonds is 6. The fraction of sp³-hybridized carbons (Fsp3) is 0.167. The Morgan fingerprint density at radius 3 is 2.79 bits per heavy atom. The van der Waals surface area contributed by atoms with Crippen molar-refractivity contribution in [1.82, 2.24) is 10.5 Å². The topological polar surface area (TPSA) is 67.2 Å². The second kappa shape index (κ2) is 8.61. The summed E-state index contributed by atoms with van der Waals surface area (Å²) in [6.07, 6.45) is 6.97. The molecule has 3 aromatic rings. The highest BCUT2D eigenvalue weighted by Gasteiger charge is 2.22. The third-order valence-corrected chi connectivity index (χ3v) is 4.83. The van der Waals surface area contributed by atoms with Crippen molar-refractivity contribution in [3.63, 3.8) is 0 Å². The Hall–Kier alpha value is -3.60. The van der Waals surface area contributed by atoms with E-state index in [1.165, 1.54) is 0 Å². The van der Waals surface area contributed by atoms with E-state index in [9.17, 15) is 4.79 Å². The third-order valence-electron chi connectivity index (χ3n) is 4.83. The number of hydrogen-bond acceptors (Lipinski definition) is 4. The highest BCUT2D eigenvalue weighted by Crippen LogP contribution is 2.36. The first-order chi connectivity index (χ1) is 14.2. The number of amides is 1. The van der Waals surface area contributed by atoms with Gasteiger partial charge in [-0.3, -0.25) is 10.1 Å². The highest BCUT2D eigenvalue weighted by atomic mass is 16.5. The summed E-state index contributed by atoms with van der Waals surface area (Å²) >= 11 is 0. The second-order valence-corrected chi connectivity index (χ2v) is 7.04. The molecule has 0 atom stereocenters. The highest BCUT2D eigenvalue weighted by molar-refractivity contribution is 5.96. The first-order valence-electron chi connectivity index (χ1n) is 9.71. The quantitative estimate of drug-likeness (QED) is 0.644. The fourth-order valence-corrected chi connectivity index (χ4v) is 3.36. The van der Waals surface area contributed by atoms with Crippen LogP contribution in [0.5, 0.6) is 0 Å². The van der Waals surface area contributed by atoms with Crippen LogP contribution in [0.4, 0.5) is 5.88 Å². The van der Waals surface area contributed by atoms with E-state index in [1.807, 2.05) is 67.7 Å². The molecule has 0 fully saturated rings. The molecular weight excluding hydrogens is 362 g/mol. The minimum absolute atomic E-state index is 0.0967. The molecular formula is C24H23N3O2. The van der Waals surface area contributed by atoms with Crippen LogP contribution in [0.25, 0.3) is 16.8 Å². The molecule has 1 amide bonds. The largest absolute Gasteiger partial charge is 0.387 e. The lowest BCUT2D eigenvalue weighted by molar-refractivity contribution is -0.116.